The Hall–Kier alpha value is -2.08. The molecule has 24 heavy (non-hydrogen) atoms. The van der Waals surface area contributed by atoms with E-state index >= 15 is 0 Å². The minimum atomic E-state index is -4.54. The lowest BCUT2D eigenvalue weighted by atomic mass is 9.87. The van der Waals surface area contributed by atoms with Crippen LogP contribution in [-0.2, 0) is 12.6 Å². The Morgan fingerprint density at radius 1 is 1.21 bits per heavy atom. The molecule has 1 aliphatic carbocycles. The summed E-state index contributed by atoms with van der Waals surface area (Å²) < 4.78 is 38.0. The summed E-state index contributed by atoms with van der Waals surface area (Å²) in [6, 6.07) is 10.1. The van der Waals surface area contributed by atoms with Gasteiger partial charge in [0.05, 0.1) is 0 Å². The van der Waals surface area contributed by atoms with E-state index in [2.05, 4.69) is 17.4 Å². The van der Waals surface area contributed by atoms with Gasteiger partial charge in [0.1, 0.15) is 5.69 Å². The number of pyridine rings is 1. The predicted octanol–water partition coefficient (Wildman–Crippen LogP) is 4.12. The number of nitrogens with one attached hydrogen (secondary N) is 2. The van der Waals surface area contributed by atoms with E-state index < -0.39 is 17.4 Å². The molecule has 0 radical (unpaired) electrons. The van der Waals surface area contributed by atoms with E-state index in [1.807, 2.05) is 17.1 Å². The van der Waals surface area contributed by atoms with Crippen molar-refractivity contribution in [2.24, 2.45) is 0 Å². The van der Waals surface area contributed by atoms with Crippen LogP contribution < -0.4 is 10.9 Å². The molecular weight excluding hydrogens is 317 g/mol. The molecule has 3 rings (SSSR count). The van der Waals surface area contributed by atoms with Crippen molar-refractivity contribution in [1.82, 2.24) is 10.3 Å². The van der Waals surface area contributed by atoms with Crippen molar-refractivity contribution in [1.29, 1.82) is 0 Å². The number of benzene rings is 1. The first-order valence-corrected chi connectivity index (χ1v) is 8.00. The van der Waals surface area contributed by atoms with Gasteiger partial charge in [-0.15, -0.1) is 0 Å². The third-order valence-corrected chi connectivity index (χ3v) is 4.53. The molecule has 6 heteroatoms. The molecule has 128 valence electrons. The zero-order chi connectivity index (χ0) is 17.3. The van der Waals surface area contributed by atoms with E-state index in [1.54, 1.807) is 6.92 Å². The van der Waals surface area contributed by atoms with Gasteiger partial charge in [0, 0.05) is 17.6 Å². The summed E-state index contributed by atoms with van der Waals surface area (Å²) in [7, 11) is 0. The molecule has 0 spiro atoms. The second kappa shape index (κ2) is 6.43. The van der Waals surface area contributed by atoms with Crippen molar-refractivity contribution in [3.05, 3.63) is 69.1 Å². The van der Waals surface area contributed by atoms with Gasteiger partial charge in [0.15, 0.2) is 0 Å². The molecule has 0 amide bonds. The van der Waals surface area contributed by atoms with Gasteiger partial charge >= 0.3 is 6.18 Å². The van der Waals surface area contributed by atoms with Gasteiger partial charge in [-0.05, 0) is 49.4 Å². The van der Waals surface area contributed by atoms with Crippen LogP contribution in [0.3, 0.4) is 0 Å². The van der Waals surface area contributed by atoms with Gasteiger partial charge in [0.2, 0.25) is 0 Å². The standard InChI is InChI=1S/C18H19F3N2O/c1-11(13-9-10-16(18(19,20)21)23-17(13)24)22-15-8-4-6-12-5-2-3-7-14(12)15/h2-3,5,7,9-11,15,22H,4,6,8H2,1H3,(H,23,24)/t11-,15+/m0/s1. The molecule has 2 aromatic rings. The van der Waals surface area contributed by atoms with Crippen molar-refractivity contribution >= 4 is 0 Å². The maximum Gasteiger partial charge on any atom is 0.431 e. The molecule has 1 aliphatic rings. The first kappa shape index (κ1) is 16.8. The number of aryl methyl sites for hydroxylation is 1. The largest absolute Gasteiger partial charge is 0.431 e. The molecule has 2 atom stereocenters. The summed E-state index contributed by atoms with van der Waals surface area (Å²) in [5.41, 5.74) is 1.08. The molecule has 0 unspecified atom stereocenters. The van der Waals surface area contributed by atoms with Crippen LogP contribution in [0.2, 0.25) is 0 Å². The van der Waals surface area contributed by atoms with Crippen LogP contribution in [0.25, 0.3) is 0 Å². The maximum atomic E-state index is 12.7. The number of aromatic nitrogens is 1. The van der Waals surface area contributed by atoms with E-state index in [4.69, 9.17) is 0 Å². The summed E-state index contributed by atoms with van der Waals surface area (Å²) in [6.07, 6.45) is -1.52. The van der Waals surface area contributed by atoms with E-state index in [0.29, 0.717) is 5.56 Å². The smallest absolute Gasteiger partial charge is 0.318 e. The van der Waals surface area contributed by atoms with E-state index in [9.17, 15) is 18.0 Å². The number of hydrogen-bond acceptors (Lipinski definition) is 2. The Balaban J connectivity index is 1.81. The fraction of sp³-hybridized carbons (Fsp3) is 0.389. The summed E-state index contributed by atoms with van der Waals surface area (Å²) >= 11 is 0. The highest BCUT2D eigenvalue weighted by Gasteiger charge is 2.32. The number of fused-ring (bicyclic) bond motifs is 1. The lowest BCUT2D eigenvalue weighted by Gasteiger charge is -2.29. The van der Waals surface area contributed by atoms with Crippen LogP contribution in [0, 0.1) is 0 Å². The Morgan fingerprint density at radius 3 is 2.67 bits per heavy atom. The molecule has 0 saturated carbocycles. The maximum absolute atomic E-state index is 12.7. The SMILES string of the molecule is C[C@H](N[C@@H]1CCCc2ccccc21)c1ccc(C(F)(F)F)[nH]c1=O. The topological polar surface area (TPSA) is 44.9 Å². The molecule has 0 fully saturated rings. The van der Waals surface area contributed by atoms with Crippen molar-refractivity contribution < 1.29 is 13.2 Å². The monoisotopic (exact) mass is 336 g/mol. The molecule has 0 saturated heterocycles. The number of alkyl halides is 3. The fourth-order valence-corrected chi connectivity index (χ4v) is 3.31. The summed E-state index contributed by atoms with van der Waals surface area (Å²) in [5.74, 6) is 0. The van der Waals surface area contributed by atoms with Crippen molar-refractivity contribution in [2.45, 2.75) is 44.4 Å². The molecular formula is C18H19F3N2O. The van der Waals surface area contributed by atoms with Gasteiger partial charge in [0.25, 0.3) is 5.56 Å². The molecule has 0 bridgehead atoms. The zero-order valence-electron chi connectivity index (χ0n) is 13.3. The number of hydrogen-bond donors (Lipinski definition) is 2. The van der Waals surface area contributed by atoms with Gasteiger partial charge in [-0.2, -0.15) is 13.2 Å². The first-order valence-electron chi connectivity index (χ1n) is 8.00. The average Bonchev–Trinajstić information content (AvgIpc) is 2.54. The van der Waals surface area contributed by atoms with Crippen LogP contribution in [0.4, 0.5) is 13.2 Å². The van der Waals surface area contributed by atoms with Crippen LogP contribution in [-0.4, -0.2) is 4.98 Å². The fourth-order valence-electron chi connectivity index (χ4n) is 3.31. The Labute approximate surface area is 137 Å². The minimum Gasteiger partial charge on any atom is -0.318 e. The lowest BCUT2D eigenvalue weighted by molar-refractivity contribution is -0.141. The van der Waals surface area contributed by atoms with Crippen molar-refractivity contribution in [2.75, 3.05) is 0 Å². The van der Waals surface area contributed by atoms with Gasteiger partial charge in [-0.1, -0.05) is 24.3 Å². The normalized spacial score (nSPS) is 18.9. The number of H-pyrrole nitrogens is 1. The quantitative estimate of drug-likeness (QED) is 0.885. The highest BCUT2D eigenvalue weighted by atomic mass is 19.4. The van der Waals surface area contributed by atoms with Crippen LogP contribution in [0.15, 0.2) is 41.2 Å². The molecule has 1 aromatic heterocycles. The van der Waals surface area contributed by atoms with E-state index in [0.717, 1.165) is 25.3 Å². The predicted molar refractivity (Wildman–Crippen MR) is 85.7 cm³/mol. The van der Waals surface area contributed by atoms with Crippen LogP contribution in [0.1, 0.15) is 54.2 Å². The highest BCUT2D eigenvalue weighted by molar-refractivity contribution is 5.32. The third-order valence-electron chi connectivity index (χ3n) is 4.53. The molecule has 0 aliphatic heterocycles. The average molecular weight is 336 g/mol. The van der Waals surface area contributed by atoms with Crippen molar-refractivity contribution in [3.63, 3.8) is 0 Å². The van der Waals surface area contributed by atoms with Crippen LogP contribution in [0.5, 0.6) is 0 Å². The first-order chi connectivity index (χ1) is 11.4. The van der Waals surface area contributed by atoms with Gasteiger partial charge < -0.3 is 10.3 Å². The summed E-state index contributed by atoms with van der Waals surface area (Å²) in [4.78, 5) is 14.0. The van der Waals surface area contributed by atoms with E-state index in [-0.39, 0.29) is 12.1 Å². The van der Waals surface area contributed by atoms with Crippen molar-refractivity contribution in [3.8, 4) is 0 Å². The molecule has 2 N–H and O–H groups in total. The number of halogens is 3. The second-order valence-corrected chi connectivity index (χ2v) is 6.19. The zero-order valence-corrected chi connectivity index (χ0v) is 13.3. The Bertz CT molecular complexity index is 782. The Kier molecular flexibility index (Phi) is 4.49. The molecule has 1 heterocycles. The van der Waals surface area contributed by atoms with E-state index in [1.165, 1.54) is 17.2 Å². The minimum absolute atomic E-state index is 0.103. The third kappa shape index (κ3) is 3.38. The summed E-state index contributed by atoms with van der Waals surface area (Å²) in [5, 5.41) is 3.39. The highest BCUT2D eigenvalue weighted by Crippen LogP contribution is 2.31. The van der Waals surface area contributed by atoms with Gasteiger partial charge in [-0.3, -0.25) is 4.79 Å². The summed E-state index contributed by atoms with van der Waals surface area (Å²) in [6.45, 7) is 1.80. The van der Waals surface area contributed by atoms with Gasteiger partial charge in [-0.25, -0.2) is 0 Å². The van der Waals surface area contributed by atoms with Crippen LogP contribution >= 0.6 is 0 Å². The lowest BCUT2D eigenvalue weighted by Crippen LogP contribution is -2.31. The Morgan fingerprint density at radius 2 is 1.96 bits per heavy atom. The second-order valence-electron chi connectivity index (χ2n) is 6.19. The molecule has 1 aromatic carbocycles. The molecule has 3 nitrogen and oxygen atoms in total. The number of aromatic amines is 1. The number of rotatable bonds is 3.